The van der Waals surface area contributed by atoms with Crippen molar-refractivity contribution in [1.82, 2.24) is 10.8 Å². The smallest absolute Gasteiger partial charge is 0.256 e. The molecule has 2 aromatic carbocycles. The fourth-order valence-electron chi connectivity index (χ4n) is 2.15. The van der Waals surface area contributed by atoms with Gasteiger partial charge in [0.2, 0.25) is 5.91 Å². The van der Waals surface area contributed by atoms with Gasteiger partial charge in [-0.25, -0.2) is 9.87 Å². The van der Waals surface area contributed by atoms with E-state index in [0.29, 0.717) is 10.6 Å². The molecule has 126 valence electrons. The van der Waals surface area contributed by atoms with Crippen molar-refractivity contribution < 1.29 is 19.2 Å². The molecule has 0 aliphatic heterocycles. The van der Waals surface area contributed by atoms with Crippen LogP contribution < -0.4 is 10.8 Å². The first-order valence-corrected chi connectivity index (χ1v) is 7.58. The van der Waals surface area contributed by atoms with Crippen molar-refractivity contribution in [2.24, 2.45) is 5.92 Å². The van der Waals surface area contributed by atoms with E-state index in [-0.39, 0.29) is 13.0 Å². The molecule has 24 heavy (non-hydrogen) atoms. The maximum atomic E-state index is 12.9. The molecule has 0 radical (unpaired) electrons. The first-order chi connectivity index (χ1) is 11.5. The topological polar surface area (TPSA) is 78.4 Å². The zero-order valence-electron chi connectivity index (χ0n) is 12.6. The molecule has 3 N–H and O–H groups in total. The molecule has 0 aliphatic rings. The molecule has 0 saturated heterocycles. The number of nitrogens with one attached hydrogen (secondary N) is 2. The first kappa shape index (κ1) is 17.9. The number of hydroxylamine groups is 1. The molecule has 1 atom stereocenters. The Balaban J connectivity index is 2.03. The number of carbonyl (C=O) groups excluding carboxylic acids is 2. The molecule has 2 rings (SSSR count). The summed E-state index contributed by atoms with van der Waals surface area (Å²) in [4.78, 5) is 24.0. The van der Waals surface area contributed by atoms with Gasteiger partial charge in [-0.2, -0.15) is 0 Å². The highest BCUT2D eigenvalue weighted by atomic mass is 35.5. The van der Waals surface area contributed by atoms with Gasteiger partial charge in [0, 0.05) is 11.6 Å². The summed E-state index contributed by atoms with van der Waals surface area (Å²) in [5.74, 6) is -2.91. The quantitative estimate of drug-likeness (QED) is 0.425. The van der Waals surface area contributed by atoms with E-state index in [1.807, 2.05) is 0 Å². The van der Waals surface area contributed by atoms with Gasteiger partial charge in [0.15, 0.2) is 0 Å². The highest BCUT2D eigenvalue weighted by Gasteiger charge is 2.26. The minimum atomic E-state index is -1.13. The van der Waals surface area contributed by atoms with Crippen LogP contribution in [0.1, 0.15) is 11.1 Å². The molecule has 0 fully saturated rings. The maximum Gasteiger partial charge on any atom is 0.256 e. The molecule has 0 aliphatic carbocycles. The summed E-state index contributed by atoms with van der Waals surface area (Å²) in [5, 5.41) is 12.1. The van der Waals surface area contributed by atoms with Crippen molar-refractivity contribution >= 4 is 23.4 Å². The summed E-state index contributed by atoms with van der Waals surface area (Å²) in [7, 11) is 0. The molecule has 2 amide bonds. The SMILES string of the molecule is O=C(NO)C(Cc1ccc(F)cc1)C(=O)NCc1ccc(Cl)cc1. The van der Waals surface area contributed by atoms with Gasteiger partial charge >= 0.3 is 0 Å². The zero-order valence-corrected chi connectivity index (χ0v) is 13.4. The van der Waals surface area contributed by atoms with Gasteiger partial charge in [0.25, 0.3) is 5.91 Å². The number of hydrogen-bond acceptors (Lipinski definition) is 3. The van der Waals surface area contributed by atoms with Crippen LogP contribution in [0.15, 0.2) is 48.5 Å². The molecule has 5 nitrogen and oxygen atoms in total. The molecule has 1 unspecified atom stereocenters. The maximum absolute atomic E-state index is 12.9. The van der Waals surface area contributed by atoms with Crippen molar-refractivity contribution in [3.05, 3.63) is 70.5 Å². The predicted octanol–water partition coefficient (Wildman–Crippen LogP) is 2.46. The summed E-state index contributed by atoms with van der Waals surface area (Å²) in [6.07, 6.45) is 0.0408. The molecule has 0 aromatic heterocycles. The van der Waals surface area contributed by atoms with Crippen LogP contribution in [0.5, 0.6) is 0 Å². The van der Waals surface area contributed by atoms with Gasteiger partial charge in [-0.1, -0.05) is 35.9 Å². The standard InChI is InChI=1S/C17H16ClFN2O3/c18-13-5-1-12(2-6-13)10-20-16(22)15(17(23)21-24)9-11-3-7-14(19)8-4-11/h1-8,15,24H,9-10H2,(H,20,22)(H,21,23). The van der Waals surface area contributed by atoms with Crippen LogP contribution in [-0.4, -0.2) is 17.0 Å². The molecule has 0 heterocycles. The fraction of sp³-hybridized carbons (Fsp3) is 0.176. The fourth-order valence-corrected chi connectivity index (χ4v) is 2.28. The lowest BCUT2D eigenvalue weighted by atomic mass is 9.97. The third-order valence-electron chi connectivity index (χ3n) is 3.48. The molecular formula is C17H16ClFN2O3. The predicted molar refractivity (Wildman–Crippen MR) is 86.8 cm³/mol. The Bertz CT molecular complexity index is 705. The minimum Gasteiger partial charge on any atom is -0.351 e. The molecule has 0 spiro atoms. The highest BCUT2D eigenvalue weighted by Crippen LogP contribution is 2.12. The zero-order chi connectivity index (χ0) is 17.5. The number of rotatable bonds is 6. The summed E-state index contributed by atoms with van der Waals surface area (Å²) in [6, 6.07) is 12.4. The summed E-state index contributed by atoms with van der Waals surface area (Å²) >= 11 is 5.79. The Hall–Kier alpha value is -2.44. The molecular weight excluding hydrogens is 335 g/mol. The second kappa shape index (κ2) is 8.42. The number of benzene rings is 2. The van der Waals surface area contributed by atoms with Gasteiger partial charge in [-0.05, 0) is 41.8 Å². The number of hydrogen-bond donors (Lipinski definition) is 3. The second-order valence-corrected chi connectivity index (χ2v) is 5.64. The van der Waals surface area contributed by atoms with E-state index in [0.717, 1.165) is 5.56 Å². The van der Waals surface area contributed by atoms with Crippen molar-refractivity contribution in [2.75, 3.05) is 0 Å². The Labute approximate surface area is 143 Å². The van der Waals surface area contributed by atoms with Crippen LogP contribution in [0, 0.1) is 11.7 Å². The van der Waals surface area contributed by atoms with Crippen LogP contribution >= 0.6 is 11.6 Å². The average Bonchev–Trinajstić information content (AvgIpc) is 2.60. The van der Waals surface area contributed by atoms with E-state index in [1.165, 1.54) is 29.7 Å². The lowest BCUT2D eigenvalue weighted by Gasteiger charge is -2.15. The van der Waals surface area contributed by atoms with Gasteiger partial charge < -0.3 is 5.32 Å². The Kier molecular flexibility index (Phi) is 6.28. The van der Waals surface area contributed by atoms with Crippen molar-refractivity contribution in [3.8, 4) is 0 Å². The number of carbonyl (C=O) groups is 2. The van der Waals surface area contributed by atoms with E-state index >= 15 is 0 Å². The van der Waals surface area contributed by atoms with E-state index in [2.05, 4.69) is 5.32 Å². The molecule has 0 bridgehead atoms. The molecule has 2 aromatic rings. The van der Waals surface area contributed by atoms with Gasteiger partial charge in [-0.3, -0.25) is 14.8 Å². The van der Waals surface area contributed by atoms with E-state index in [1.54, 1.807) is 24.3 Å². The first-order valence-electron chi connectivity index (χ1n) is 7.20. The van der Waals surface area contributed by atoms with Crippen LogP contribution in [-0.2, 0) is 22.6 Å². The lowest BCUT2D eigenvalue weighted by Crippen LogP contribution is -2.41. The van der Waals surface area contributed by atoms with Crippen LogP contribution in [0.25, 0.3) is 0 Å². The molecule has 7 heteroatoms. The summed E-state index contributed by atoms with van der Waals surface area (Å²) in [6.45, 7) is 0.217. The van der Waals surface area contributed by atoms with Crippen molar-refractivity contribution in [1.29, 1.82) is 0 Å². The third kappa shape index (κ3) is 5.04. The third-order valence-corrected chi connectivity index (χ3v) is 3.73. The summed E-state index contributed by atoms with van der Waals surface area (Å²) in [5.41, 5.74) is 2.91. The van der Waals surface area contributed by atoms with E-state index < -0.39 is 23.5 Å². The monoisotopic (exact) mass is 350 g/mol. The normalized spacial score (nSPS) is 11.6. The molecule has 0 saturated carbocycles. The highest BCUT2D eigenvalue weighted by molar-refractivity contribution is 6.30. The van der Waals surface area contributed by atoms with Gasteiger partial charge in [0.05, 0.1) is 0 Å². The largest absolute Gasteiger partial charge is 0.351 e. The summed E-state index contributed by atoms with van der Waals surface area (Å²) < 4.78 is 12.9. The minimum absolute atomic E-state index is 0.0408. The van der Waals surface area contributed by atoms with E-state index in [4.69, 9.17) is 16.8 Å². The van der Waals surface area contributed by atoms with Crippen LogP contribution in [0.4, 0.5) is 4.39 Å². The Morgan fingerprint density at radius 2 is 1.58 bits per heavy atom. The number of halogens is 2. The van der Waals surface area contributed by atoms with Crippen LogP contribution in [0.3, 0.4) is 0 Å². The lowest BCUT2D eigenvalue weighted by molar-refractivity contribution is -0.140. The Morgan fingerprint density at radius 1 is 1.00 bits per heavy atom. The Morgan fingerprint density at radius 3 is 2.17 bits per heavy atom. The van der Waals surface area contributed by atoms with E-state index in [9.17, 15) is 14.0 Å². The number of amides is 2. The van der Waals surface area contributed by atoms with Crippen molar-refractivity contribution in [2.45, 2.75) is 13.0 Å². The van der Waals surface area contributed by atoms with Crippen molar-refractivity contribution in [3.63, 3.8) is 0 Å². The van der Waals surface area contributed by atoms with Gasteiger partial charge in [-0.15, -0.1) is 0 Å². The van der Waals surface area contributed by atoms with Crippen LogP contribution in [0.2, 0.25) is 5.02 Å². The second-order valence-electron chi connectivity index (χ2n) is 5.20. The van der Waals surface area contributed by atoms with Gasteiger partial charge in [0.1, 0.15) is 11.7 Å². The average molecular weight is 351 g/mol.